The molecule has 7 nitrogen and oxygen atoms in total. The Balaban J connectivity index is 1.73. The first-order chi connectivity index (χ1) is 10.9. The van der Waals surface area contributed by atoms with E-state index in [-0.39, 0.29) is 25.3 Å². The molecular weight excluding hydrogens is 300 g/mol. The van der Waals surface area contributed by atoms with Crippen LogP contribution in [0.1, 0.15) is 18.9 Å². The third-order valence-electron chi connectivity index (χ3n) is 4.26. The van der Waals surface area contributed by atoms with Crippen LogP contribution in [0.2, 0.25) is 0 Å². The van der Waals surface area contributed by atoms with Crippen molar-refractivity contribution >= 4 is 17.7 Å². The van der Waals surface area contributed by atoms with Crippen LogP contribution in [0, 0.1) is 18.8 Å². The zero-order valence-corrected chi connectivity index (χ0v) is 13.2. The van der Waals surface area contributed by atoms with Gasteiger partial charge >= 0.3 is 12.0 Å². The van der Waals surface area contributed by atoms with Crippen molar-refractivity contribution < 1.29 is 24.2 Å². The lowest BCUT2D eigenvalue weighted by Crippen LogP contribution is -2.47. The lowest BCUT2D eigenvalue weighted by atomic mass is 9.91. The second-order valence-electron chi connectivity index (χ2n) is 6.23. The summed E-state index contributed by atoms with van der Waals surface area (Å²) in [5.41, 5.74) is 1.51. The van der Waals surface area contributed by atoms with Gasteiger partial charge in [0.1, 0.15) is 0 Å². The second-order valence-corrected chi connectivity index (χ2v) is 6.23. The largest absolute Gasteiger partial charge is 0.481 e. The first-order valence-corrected chi connectivity index (χ1v) is 7.63. The van der Waals surface area contributed by atoms with Gasteiger partial charge in [-0.3, -0.25) is 4.79 Å². The van der Waals surface area contributed by atoms with E-state index in [1.807, 2.05) is 19.9 Å². The molecule has 0 radical (unpaired) electrons. The van der Waals surface area contributed by atoms with E-state index in [0.717, 1.165) is 5.56 Å². The van der Waals surface area contributed by atoms with Crippen molar-refractivity contribution in [3.05, 3.63) is 17.7 Å². The maximum absolute atomic E-state index is 12.5. The number of carbonyl (C=O) groups is 2. The van der Waals surface area contributed by atoms with Gasteiger partial charge in [-0.1, -0.05) is 6.92 Å². The molecule has 2 atom stereocenters. The average molecular weight is 320 g/mol. The minimum atomic E-state index is -0.853. The number of carboxylic acids is 1. The zero-order chi connectivity index (χ0) is 16.6. The molecule has 124 valence electrons. The number of anilines is 1. The maximum atomic E-state index is 12.5. The van der Waals surface area contributed by atoms with Crippen LogP contribution in [0.15, 0.2) is 12.1 Å². The molecule has 0 aliphatic carbocycles. The standard InChI is InChI=1S/C16H20N2O5/c1-9-3-11(15(19)20)7-18(6-9)16(21)17-12-5-14-13(4-10(12)2)22-8-23-14/h4-5,9,11H,3,6-8H2,1-2H3,(H,17,21)(H,19,20). The van der Waals surface area contributed by atoms with E-state index in [1.165, 1.54) is 0 Å². The minimum absolute atomic E-state index is 0.161. The Morgan fingerprint density at radius 1 is 1.26 bits per heavy atom. The quantitative estimate of drug-likeness (QED) is 0.873. The van der Waals surface area contributed by atoms with Gasteiger partial charge in [-0.25, -0.2) is 4.79 Å². The minimum Gasteiger partial charge on any atom is -0.481 e. The summed E-state index contributed by atoms with van der Waals surface area (Å²) in [5, 5.41) is 12.1. The van der Waals surface area contributed by atoms with Gasteiger partial charge in [0.2, 0.25) is 6.79 Å². The SMILES string of the molecule is Cc1cc2c(cc1NC(=O)N1CC(C)CC(C(=O)O)C1)OCO2. The molecule has 0 aromatic heterocycles. The van der Waals surface area contributed by atoms with Gasteiger partial charge in [0.15, 0.2) is 11.5 Å². The van der Waals surface area contributed by atoms with Crippen molar-refractivity contribution in [2.24, 2.45) is 11.8 Å². The van der Waals surface area contributed by atoms with Crippen molar-refractivity contribution in [3.8, 4) is 11.5 Å². The summed E-state index contributed by atoms with van der Waals surface area (Å²) in [6.07, 6.45) is 0.599. The number of likely N-dealkylation sites (tertiary alicyclic amines) is 1. The number of fused-ring (bicyclic) bond motifs is 1. The molecule has 0 saturated carbocycles. The normalized spacial score (nSPS) is 22.8. The van der Waals surface area contributed by atoms with Gasteiger partial charge in [0.05, 0.1) is 5.92 Å². The molecule has 2 N–H and O–H groups in total. The topological polar surface area (TPSA) is 88.1 Å². The highest BCUT2D eigenvalue weighted by atomic mass is 16.7. The Labute approximate surface area is 134 Å². The Morgan fingerprint density at radius 3 is 2.65 bits per heavy atom. The third kappa shape index (κ3) is 3.18. The number of piperidine rings is 1. The molecule has 0 bridgehead atoms. The average Bonchev–Trinajstić information content (AvgIpc) is 2.93. The van der Waals surface area contributed by atoms with Crippen LogP contribution in [0.25, 0.3) is 0 Å². The number of ether oxygens (including phenoxy) is 2. The summed E-state index contributed by atoms with van der Waals surface area (Å²) in [7, 11) is 0. The predicted molar refractivity (Wildman–Crippen MR) is 82.8 cm³/mol. The number of aliphatic carboxylic acids is 1. The third-order valence-corrected chi connectivity index (χ3v) is 4.26. The number of amides is 2. The molecule has 2 aliphatic rings. The second kappa shape index (κ2) is 5.98. The van der Waals surface area contributed by atoms with Gasteiger partial charge in [-0.05, 0) is 30.9 Å². The predicted octanol–water partition coefficient (Wildman–Crippen LogP) is 2.30. The highest BCUT2D eigenvalue weighted by molar-refractivity contribution is 5.91. The van der Waals surface area contributed by atoms with Gasteiger partial charge < -0.3 is 24.8 Å². The first-order valence-electron chi connectivity index (χ1n) is 7.63. The van der Waals surface area contributed by atoms with Gasteiger partial charge in [-0.2, -0.15) is 0 Å². The smallest absolute Gasteiger partial charge is 0.321 e. The highest BCUT2D eigenvalue weighted by Gasteiger charge is 2.32. The molecule has 2 heterocycles. The van der Waals surface area contributed by atoms with Gasteiger partial charge in [0, 0.05) is 24.8 Å². The summed E-state index contributed by atoms with van der Waals surface area (Å²) in [4.78, 5) is 25.3. The molecule has 0 spiro atoms. The molecule has 2 amide bonds. The summed E-state index contributed by atoms with van der Waals surface area (Å²) < 4.78 is 10.6. The van der Waals surface area contributed by atoms with Crippen LogP contribution in [-0.2, 0) is 4.79 Å². The van der Waals surface area contributed by atoms with Crippen molar-refractivity contribution in [2.45, 2.75) is 20.3 Å². The van der Waals surface area contributed by atoms with E-state index in [0.29, 0.717) is 30.2 Å². The number of hydrogen-bond donors (Lipinski definition) is 2. The lowest BCUT2D eigenvalue weighted by molar-refractivity contribution is -0.143. The molecular formula is C16H20N2O5. The van der Waals surface area contributed by atoms with Crippen molar-refractivity contribution in [1.29, 1.82) is 0 Å². The summed E-state index contributed by atoms with van der Waals surface area (Å²) in [6, 6.07) is 3.26. The van der Waals surface area contributed by atoms with Crippen molar-refractivity contribution in [1.82, 2.24) is 4.90 Å². The molecule has 1 aromatic carbocycles. The van der Waals surface area contributed by atoms with Gasteiger partial charge in [0.25, 0.3) is 0 Å². The molecule has 2 aliphatic heterocycles. The fourth-order valence-electron chi connectivity index (χ4n) is 3.07. The number of rotatable bonds is 2. The Hall–Kier alpha value is -2.44. The molecule has 1 aromatic rings. The number of nitrogens with zero attached hydrogens (tertiary/aromatic N) is 1. The van der Waals surface area contributed by atoms with E-state index >= 15 is 0 Å². The summed E-state index contributed by atoms with van der Waals surface area (Å²) >= 11 is 0. The monoisotopic (exact) mass is 320 g/mol. The zero-order valence-electron chi connectivity index (χ0n) is 13.2. The molecule has 2 unspecified atom stereocenters. The number of nitrogens with one attached hydrogen (secondary N) is 1. The van der Waals surface area contributed by atoms with E-state index < -0.39 is 11.9 Å². The van der Waals surface area contributed by atoms with Crippen LogP contribution in [0.5, 0.6) is 11.5 Å². The van der Waals surface area contributed by atoms with Crippen LogP contribution >= 0.6 is 0 Å². The Morgan fingerprint density at radius 2 is 1.96 bits per heavy atom. The number of hydrogen-bond acceptors (Lipinski definition) is 4. The summed E-state index contributed by atoms with van der Waals surface area (Å²) in [5.74, 6) is 0.0590. The van der Waals surface area contributed by atoms with Crippen molar-refractivity contribution in [3.63, 3.8) is 0 Å². The van der Waals surface area contributed by atoms with Crippen molar-refractivity contribution in [2.75, 3.05) is 25.2 Å². The first kappa shape index (κ1) is 15.5. The summed E-state index contributed by atoms with van der Waals surface area (Å²) in [6.45, 7) is 4.79. The van der Waals surface area contributed by atoms with E-state index in [1.54, 1.807) is 11.0 Å². The van der Waals surface area contributed by atoms with Crippen LogP contribution in [0.4, 0.5) is 10.5 Å². The molecule has 23 heavy (non-hydrogen) atoms. The molecule has 1 fully saturated rings. The number of carbonyl (C=O) groups excluding carboxylic acids is 1. The number of carboxylic acid groups (broad SMARTS) is 1. The fraction of sp³-hybridized carbons (Fsp3) is 0.500. The van der Waals surface area contributed by atoms with E-state index in [2.05, 4.69) is 5.32 Å². The van der Waals surface area contributed by atoms with E-state index in [9.17, 15) is 14.7 Å². The number of aryl methyl sites for hydroxylation is 1. The van der Waals surface area contributed by atoms with Crippen LogP contribution < -0.4 is 14.8 Å². The molecule has 1 saturated heterocycles. The number of benzene rings is 1. The Kier molecular flexibility index (Phi) is 4.02. The molecule has 3 rings (SSSR count). The van der Waals surface area contributed by atoms with E-state index in [4.69, 9.17) is 9.47 Å². The van der Waals surface area contributed by atoms with Crippen LogP contribution in [0.3, 0.4) is 0 Å². The maximum Gasteiger partial charge on any atom is 0.321 e. The van der Waals surface area contributed by atoms with Crippen LogP contribution in [-0.4, -0.2) is 41.9 Å². The highest BCUT2D eigenvalue weighted by Crippen LogP contribution is 2.37. The lowest BCUT2D eigenvalue weighted by Gasteiger charge is -2.34. The molecule has 7 heteroatoms. The number of urea groups is 1. The fourth-order valence-corrected chi connectivity index (χ4v) is 3.07. The Bertz CT molecular complexity index is 646. The van der Waals surface area contributed by atoms with Gasteiger partial charge in [-0.15, -0.1) is 0 Å².